The summed E-state index contributed by atoms with van der Waals surface area (Å²) in [6.07, 6.45) is 7.08. The van der Waals surface area contributed by atoms with E-state index < -0.39 is 0 Å². The molecule has 0 saturated carbocycles. The predicted molar refractivity (Wildman–Crippen MR) is 67.6 cm³/mol. The van der Waals surface area contributed by atoms with Gasteiger partial charge in [0.15, 0.2) is 0 Å². The Morgan fingerprint density at radius 3 is 2.88 bits per heavy atom. The Balaban J connectivity index is 1.61. The molecule has 2 heterocycles. The van der Waals surface area contributed by atoms with E-state index in [0.717, 1.165) is 13.1 Å². The van der Waals surface area contributed by atoms with Crippen molar-refractivity contribution >= 4 is 0 Å². The van der Waals surface area contributed by atoms with E-state index in [9.17, 15) is 0 Å². The molecule has 0 amide bonds. The Morgan fingerprint density at radius 2 is 2.12 bits per heavy atom. The summed E-state index contributed by atoms with van der Waals surface area (Å²) in [5.41, 5.74) is 1.40. The number of likely N-dealkylation sites (tertiary alicyclic amines) is 1. The molecule has 1 fully saturated rings. The van der Waals surface area contributed by atoms with Crippen molar-refractivity contribution in [2.45, 2.75) is 19.0 Å². The highest BCUT2D eigenvalue weighted by atomic mass is 15.2. The van der Waals surface area contributed by atoms with Crippen LogP contribution in [0.4, 0.5) is 0 Å². The molecule has 0 aliphatic carbocycles. The number of imidazole rings is 1. The fraction of sp³-hybridized carbons (Fsp3) is 0.357. The molecular formula is C14H17N3. The summed E-state index contributed by atoms with van der Waals surface area (Å²) < 4.78 is 2.23. The third-order valence-electron chi connectivity index (χ3n) is 3.44. The van der Waals surface area contributed by atoms with Gasteiger partial charge in [-0.1, -0.05) is 30.3 Å². The molecule has 0 spiro atoms. The average molecular weight is 227 g/mol. The van der Waals surface area contributed by atoms with Crippen LogP contribution in [0.25, 0.3) is 0 Å². The van der Waals surface area contributed by atoms with Gasteiger partial charge < -0.3 is 4.57 Å². The van der Waals surface area contributed by atoms with Crippen LogP contribution in [0.1, 0.15) is 18.0 Å². The smallest absolute Gasteiger partial charge is 0.0948 e. The summed E-state index contributed by atoms with van der Waals surface area (Å²) in [7, 11) is 0. The molecule has 0 N–H and O–H groups in total. The summed E-state index contributed by atoms with van der Waals surface area (Å²) in [5, 5.41) is 0. The molecule has 0 bridgehead atoms. The Hall–Kier alpha value is -1.61. The van der Waals surface area contributed by atoms with Crippen molar-refractivity contribution in [3.8, 4) is 0 Å². The Morgan fingerprint density at radius 1 is 1.24 bits per heavy atom. The molecule has 3 rings (SSSR count). The van der Waals surface area contributed by atoms with Gasteiger partial charge in [0.25, 0.3) is 0 Å². The number of rotatable bonds is 3. The summed E-state index contributed by atoms with van der Waals surface area (Å²) in [5.74, 6) is 0. The zero-order valence-corrected chi connectivity index (χ0v) is 9.87. The fourth-order valence-electron chi connectivity index (χ4n) is 2.53. The van der Waals surface area contributed by atoms with E-state index in [1.54, 1.807) is 0 Å². The van der Waals surface area contributed by atoms with E-state index in [1.165, 1.54) is 18.5 Å². The summed E-state index contributed by atoms with van der Waals surface area (Å²) in [6, 6.07) is 11.3. The van der Waals surface area contributed by atoms with Crippen LogP contribution in [-0.4, -0.2) is 27.5 Å². The van der Waals surface area contributed by atoms with Gasteiger partial charge in [-0.15, -0.1) is 0 Å². The van der Waals surface area contributed by atoms with Crippen molar-refractivity contribution in [1.82, 2.24) is 14.5 Å². The van der Waals surface area contributed by atoms with Gasteiger partial charge in [0.2, 0.25) is 0 Å². The first-order chi connectivity index (χ1) is 8.42. The van der Waals surface area contributed by atoms with Gasteiger partial charge in [-0.2, -0.15) is 0 Å². The minimum atomic E-state index is 0.598. The largest absolute Gasteiger partial charge is 0.333 e. The monoisotopic (exact) mass is 227 g/mol. The minimum Gasteiger partial charge on any atom is -0.333 e. The molecule has 88 valence electrons. The number of nitrogens with zero attached hydrogens (tertiary/aromatic N) is 3. The third kappa shape index (κ3) is 2.39. The Labute approximate surface area is 102 Å². The predicted octanol–water partition coefficient (Wildman–Crippen LogP) is 2.33. The maximum atomic E-state index is 4.12. The normalized spacial score (nSPS) is 20.8. The molecule has 1 aliphatic rings. The highest BCUT2D eigenvalue weighted by molar-refractivity contribution is 5.14. The Bertz CT molecular complexity index is 450. The van der Waals surface area contributed by atoms with Crippen molar-refractivity contribution in [1.29, 1.82) is 0 Å². The van der Waals surface area contributed by atoms with Crippen LogP contribution in [0.2, 0.25) is 0 Å². The first-order valence-electron chi connectivity index (χ1n) is 6.15. The molecule has 1 aromatic carbocycles. The minimum absolute atomic E-state index is 0.598. The van der Waals surface area contributed by atoms with E-state index in [1.807, 2.05) is 12.5 Å². The van der Waals surface area contributed by atoms with Crippen molar-refractivity contribution in [2.24, 2.45) is 0 Å². The van der Waals surface area contributed by atoms with Crippen LogP contribution < -0.4 is 0 Å². The maximum absolute atomic E-state index is 4.12. The lowest BCUT2D eigenvalue weighted by Gasteiger charge is -2.16. The van der Waals surface area contributed by atoms with Gasteiger partial charge in [0.1, 0.15) is 0 Å². The van der Waals surface area contributed by atoms with Gasteiger partial charge in [0.05, 0.1) is 6.33 Å². The lowest BCUT2D eigenvalue weighted by atomic mass is 10.2. The summed E-state index contributed by atoms with van der Waals surface area (Å²) >= 11 is 0. The van der Waals surface area contributed by atoms with Gasteiger partial charge >= 0.3 is 0 Å². The van der Waals surface area contributed by atoms with E-state index in [-0.39, 0.29) is 0 Å². The number of benzene rings is 1. The zero-order valence-electron chi connectivity index (χ0n) is 9.87. The lowest BCUT2D eigenvalue weighted by Crippen LogP contribution is -2.20. The number of aromatic nitrogens is 2. The standard InChI is InChI=1S/C14H17N3/c1-2-4-13(5-3-1)10-16-8-6-14(11-16)17-9-7-15-12-17/h1-5,7,9,12,14H,6,8,10-11H2/t14-/m1/s1. The van der Waals surface area contributed by atoms with E-state index in [0.29, 0.717) is 6.04 Å². The van der Waals surface area contributed by atoms with Crippen molar-refractivity contribution in [3.05, 3.63) is 54.6 Å². The second kappa shape index (κ2) is 4.72. The molecule has 3 nitrogen and oxygen atoms in total. The first kappa shape index (κ1) is 10.5. The second-order valence-corrected chi connectivity index (χ2v) is 4.67. The molecule has 2 aromatic rings. The summed E-state index contributed by atoms with van der Waals surface area (Å²) in [4.78, 5) is 6.63. The molecule has 1 saturated heterocycles. The quantitative estimate of drug-likeness (QED) is 0.802. The SMILES string of the molecule is c1ccc(CN2CC[C@@H](n3ccnc3)C2)cc1. The van der Waals surface area contributed by atoms with Crippen molar-refractivity contribution < 1.29 is 0 Å². The zero-order chi connectivity index (χ0) is 11.5. The van der Waals surface area contributed by atoms with Gasteiger partial charge in [-0.25, -0.2) is 4.98 Å². The highest BCUT2D eigenvalue weighted by Gasteiger charge is 2.23. The molecular weight excluding hydrogens is 210 g/mol. The topological polar surface area (TPSA) is 21.1 Å². The molecule has 1 aliphatic heterocycles. The number of hydrogen-bond acceptors (Lipinski definition) is 2. The Kier molecular flexibility index (Phi) is 2.92. The molecule has 0 radical (unpaired) electrons. The maximum Gasteiger partial charge on any atom is 0.0948 e. The molecule has 1 aromatic heterocycles. The van der Waals surface area contributed by atoms with Crippen molar-refractivity contribution in [2.75, 3.05) is 13.1 Å². The van der Waals surface area contributed by atoms with Crippen LogP contribution in [0, 0.1) is 0 Å². The van der Waals surface area contributed by atoms with Crippen LogP contribution in [0.15, 0.2) is 49.1 Å². The van der Waals surface area contributed by atoms with E-state index in [4.69, 9.17) is 0 Å². The van der Waals surface area contributed by atoms with Crippen LogP contribution in [-0.2, 0) is 6.54 Å². The van der Waals surface area contributed by atoms with Gasteiger partial charge in [0, 0.05) is 38.1 Å². The highest BCUT2D eigenvalue weighted by Crippen LogP contribution is 2.22. The number of hydrogen-bond donors (Lipinski definition) is 0. The third-order valence-corrected chi connectivity index (χ3v) is 3.44. The first-order valence-corrected chi connectivity index (χ1v) is 6.15. The average Bonchev–Trinajstić information content (AvgIpc) is 3.00. The molecule has 0 unspecified atom stereocenters. The van der Waals surface area contributed by atoms with Crippen LogP contribution in [0.5, 0.6) is 0 Å². The van der Waals surface area contributed by atoms with Crippen LogP contribution >= 0.6 is 0 Å². The van der Waals surface area contributed by atoms with Gasteiger partial charge in [-0.05, 0) is 12.0 Å². The van der Waals surface area contributed by atoms with Crippen LogP contribution in [0.3, 0.4) is 0 Å². The van der Waals surface area contributed by atoms with E-state index in [2.05, 4.69) is 51.0 Å². The summed E-state index contributed by atoms with van der Waals surface area (Å²) in [6.45, 7) is 3.37. The molecule has 3 heteroatoms. The van der Waals surface area contributed by atoms with Crippen molar-refractivity contribution in [3.63, 3.8) is 0 Å². The fourth-order valence-corrected chi connectivity index (χ4v) is 2.53. The van der Waals surface area contributed by atoms with E-state index >= 15 is 0 Å². The van der Waals surface area contributed by atoms with Gasteiger partial charge in [-0.3, -0.25) is 4.90 Å². The molecule has 1 atom stereocenters. The lowest BCUT2D eigenvalue weighted by molar-refractivity contribution is 0.316. The molecule has 17 heavy (non-hydrogen) atoms. The second-order valence-electron chi connectivity index (χ2n) is 4.67.